The van der Waals surface area contributed by atoms with Crippen LogP contribution in [0.15, 0.2) is 24.3 Å². The van der Waals surface area contributed by atoms with Crippen LogP contribution in [0.25, 0.3) is 0 Å². The Morgan fingerprint density at radius 2 is 2.29 bits per heavy atom. The zero-order chi connectivity index (χ0) is 14.8. The van der Waals surface area contributed by atoms with Gasteiger partial charge >= 0.3 is 0 Å². The summed E-state index contributed by atoms with van der Waals surface area (Å²) in [6.07, 6.45) is 0.0236. The number of nitrogens with zero attached hydrogens (tertiary/aromatic N) is 2. The van der Waals surface area contributed by atoms with Crippen LogP contribution < -0.4 is 10.1 Å². The van der Waals surface area contributed by atoms with E-state index in [2.05, 4.69) is 20.5 Å². The van der Waals surface area contributed by atoms with Gasteiger partial charge in [0, 0.05) is 0 Å². The molecule has 21 heavy (non-hydrogen) atoms. The molecule has 1 aliphatic rings. The van der Waals surface area contributed by atoms with E-state index in [9.17, 15) is 9.59 Å². The highest BCUT2D eigenvalue weighted by molar-refractivity contribution is 6.05. The largest absolute Gasteiger partial charge is 0.490 e. The quantitative estimate of drug-likeness (QED) is 0.852. The van der Waals surface area contributed by atoms with Crippen LogP contribution >= 0.6 is 0 Å². The van der Waals surface area contributed by atoms with E-state index >= 15 is 0 Å². The summed E-state index contributed by atoms with van der Waals surface area (Å²) < 4.78 is 5.49. The van der Waals surface area contributed by atoms with Crippen molar-refractivity contribution in [1.29, 1.82) is 0 Å². The second-order valence-corrected chi connectivity index (χ2v) is 4.81. The lowest BCUT2D eigenvalue weighted by Gasteiger charge is -2.24. The summed E-state index contributed by atoms with van der Waals surface area (Å²) in [7, 11) is 0. The molecule has 1 atom stereocenters. The van der Waals surface area contributed by atoms with Gasteiger partial charge in [0.05, 0.1) is 12.0 Å². The molecule has 0 spiro atoms. The predicted octanol–water partition coefficient (Wildman–Crippen LogP) is 0.416. The van der Waals surface area contributed by atoms with Crippen LogP contribution in [0, 0.1) is 6.92 Å². The van der Waals surface area contributed by atoms with Gasteiger partial charge < -0.3 is 10.1 Å². The van der Waals surface area contributed by atoms with Crippen molar-refractivity contribution in [1.82, 2.24) is 20.5 Å². The number of hydrogen-bond acceptors (Lipinski definition) is 5. The van der Waals surface area contributed by atoms with Crippen molar-refractivity contribution in [2.75, 3.05) is 6.61 Å². The molecule has 3 rings (SSSR count). The van der Waals surface area contributed by atoms with Gasteiger partial charge in [-0.1, -0.05) is 12.1 Å². The maximum atomic E-state index is 12.3. The lowest BCUT2D eigenvalue weighted by molar-refractivity contribution is -0.121. The summed E-state index contributed by atoms with van der Waals surface area (Å²) >= 11 is 0. The number of aromatic amines is 1. The molecule has 1 aliphatic heterocycles. The number of aryl methyl sites for hydroxylation is 1. The molecule has 1 amide bonds. The van der Waals surface area contributed by atoms with E-state index in [1.165, 1.54) is 0 Å². The number of carbonyl (C=O) groups excluding carboxylic acids is 2. The minimum atomic E-state index is -0.674. The van der Waals surface area contributed by atoms with E-state index in [1.54, 1.807) is 31.2 Å². The Morgan fingerprint density at radius 1 is 1.48 bits per heavy atom. The standard InChI is InChI=1S/C14H14N4O3/c1-8-15-12(18-17-8)6-13(19)16-10-7-21-11-5-3-2-4-9(11)14(10)20/h2-5,10H,6-7H2,1H3,(H,16,19)(H,15,17,18). The highest BCUT2D eigenvalue weighted by atomic mass is 16.5. The van der Waals surface area contributed by atoms with Crippen LogP contribution in [0.2, 0.25) is 0 Å². The second-order valence-electron chi connectivity index (χ2n) is 4.81. The van der Waals surface area contributed by atoms with Gasteiger partial charge in [0.25, 0.3) is 0 Å². The molecule has 0 saturated carbocycles. The molecule has 0 aliphatic carbocycles. The van der Waals surface area contributed by atoms with E-state index in [-0.39, 0.29) is 24.7 Å². The Hall–Kier alpha value is -2.70. The van der Waals surface area contributed by atoms with E-state index < -0.39 is 6.04 Å². The number of amides is 1. The first-order chi connectivity index (χ1) is 10.1. The zero-order valence-corrected chi connectivity index (χ0v) is 11.4. The topological polar surface area (TPSA) is 97.0 Å². The molecule has 2 N–H and O–H groups in total. The summed E-state index contributed by atoms with van der Waals surface area (Å²) in [5.74, 6) is 1.14. The molecule has 2 aromatic rings. The number of para-hydroxylation sites is 1. The van der Waals surface area contributed by atoms with Gasteiger partial charge in [-0.25, -0.2) is 4.98 Å². The first-order valence-corrected chi connectivity index (χ1v) is 6.57. The lowest BCUT2D eigenvalue weighted by Crippen LogP contribution is -2.47. The summed E-state index contributed by atoms with van der Waals surface area (Å²) in [6, 6.07) is 6.32. The molecule has 108 valence electrons. The maximum Gasteiger partial charge on any atom is 0.228 e. The summed E-state index contributed by atoms with van der Waals surface area (Å²) in [6.45, 7) is 1.89. The molecule has 2 heterocycles. The fourth-order valence-corrected chi connectivity index (χ4v) is 2.20. The number of hydrogen-bond donors (Lipinski definition) is 2. The third kappa shape index (κ3) is 2.76. The lowest BCUT2D eigenvalue weighted by atomic mass is 10.0. The highest BCUT2D eigenvalue weighted by Gasteiger charge is 2.29. The minimum absolute atomic E-state index is 0.0236. The number of benzene rings is 1. The van der Waals surface area contributed by atoms with Crippen molar-refractivity contribution in [3.05, 3.63) is 41.5 Å². The summed E-state index contributed by atoms with van der Waals surface area (Å²) in [4.78, 5) is 28.3. The van der Waals surface area contributed by atoms with Gasteiger partial charge in [-0.05, 0) is 19.1 Å². The number of Topliss-reactive ketones (excluding diaryl/α,β-unsaturated/α-hetero) is 1. The second kappa shape index (κ2) is 5.35. The van der Waals surface area contributed by atoms with Crippen LogP contribution in [0.4, 0.5) is 0 Å². The molecular weight excluding hydrogens is 272 g/mol. The molecule has 7 nitrogen and oxygen atoms in total. The monoisotopic (exact) mass is 286 g/mol. The molecule has 0 fully saturated rings. The van der Waals surface area contributed by atoms with Gasteiger partial charge in [0.15, 0.2) is 11.6 Å². The molecular formula is C14H14N4O3. The van der Waals surface area contributed by atoms with Gasteiger partial charge in [-0.2, -0.15) is 5.10 Å². The average Bonchev–Trinajstić information content (AvgIpc) is 2.87. The summed E-state index contributed by atoms with van der Waals surface area (Å²) in [5.41, 5.74) is 0.489. The van der Waals surface area contributed by atoms with Crippen molar-refractivity contribution in [3.8, 4) is 5.75 Å². The Balaban J connectivity index is 1.66. The zero-order valence-electron chi connectivity index (χ0n) is 11.4. The third-order valence-electron chi connectivity index (χ3n) is 3.17. The Morgan fingerprint density at radius 3 is 3.05 bits per heavy atom. The molecule has 7 heteroatoms. The van der Waals surface area contributed by atoms with E-state index in [0.29, 0.717) is 23.0 Å². The smallest absolute Gasteiger partial charge is 0.228 e. The number of nitrogens with one attached hydrogen (secondary N) is 2. The Bertz CT molecular complexity index is 695. The Labute approximate surface area is 120 Å². The average molecular weight is 286 g/mol. The summed E-state index contributed by atoms with van der Waals surface area (Å²) in [5, 5.41) is 9.22. The van der Waals surface area contributed by atoms with Crippen LogP contribution in [0.3, 0.4) is 0 Å². The van der Waals surface area contributed by atoms with Gasteiger partial charge in [-0.15, -0.1) is 0 Å². The van der Waals surface area contributed by atoms with Gasteiger partial charge in [-0.3, -0.25) is 14.7 Å². The number of aromatic nitrogens is 3. The Kier molecular flexibility index (Phi) is 3.39. The third-order valence-corrected chi connectivity index (χ3v) is 3.17. The first kappa shape index (κ1) is 13.3. The SMILES string of the molecule is Cc1nc(CC(=O)NC2COc3ccccc3C2=O)n[nH]1. The maximum absolute atomic E-state index is 12.3. The normalized spacial score (nSPS) is 17.0. The van der Waals surface area contributed by atoms with Crippen LogP contribution in [-0.4, -0.2) is 39.5 Å². The van der Waals surface area contributed by atoms with E-state index in [1.807, 2.05) is 0 Å². The molecule has 1 aromatic carbocycles. The van der Waals surface area contributed by atoms with E-state index in [4.69, 9.17) is 4.74 Å². The van der Waals surface area contributed by atoms with E-state index in [0.717, 1.165) is 0 Å². The molecule has 1 unspecified atom stereocenters. The molecule has 1 aromatic heterocycles. The predicted molar refractivity (Wildman–Crippen MR) is 73.0 cm³/mol. The van der Waals surface area contributed by atoms with Crippen molar-refractivity contribution >= 4 is 11.7 Å². The number of H-pyrrole nitrogens is 1. The van der Waals surface area contributed by atoms with Crippen molar-refractivity contribution < 1.29 is 14.3 Å². The van der Waals surface area contributed by atoms with Gasteiger partial charge in [0.1, 0.15) is 24.2 Å². The fraction of sp³-hybridized carbons (Fsp3) is 0.286. The van der Waals surface area contributed by atoms with Crippen LogP contribution in [0.1, 0.15) is 22.0 Å². The number of fused-ring (bicyclic) bond motifs is 1. The molecule has 0 radical (unpaired) electrons. The molecule has 0 bridgehead atoms. The van der Waals surface area contributed by atoms with Crippen molar-refractivity contribution in [2.45, 2.75) is 19.4 Å². The number of ether oxygens (including phenoxy) is 1. The van der Waals surface area contributed by atoms with Crippen LogP contribution in [-0.2, 0) is 11.2 Å². The number of rotatable bonds is 3. The van der Waals surface area contributed by atoms with Crippen molar-refractivity contribution in [3.63, 3.8) is 0 Å². The number of ketones is 1. The van der Waals surface area contributed by atoms with Crippen molar-refractivity contribution in [2.24, 2.45) is 0 Å². The molecule has 0 saturated heterocycles. The highest BCUT2D eigenvalue weighted by Crippen LogP contribution is 2.23. The minimum Gasteiger partial charge on any atom is -0.490 e. The van der Waals surface area contributed by atoms with Gasteiger partial charge in [0.2, 0.25) is 5.91 Å². The van der Waals surface area contributed by atoms with Crippen LogP contribution in [0.5, 0.6) is 5.75 Å². The number of carbonyl (C=O) groups is 2. The fourth-order valence-electron chi connectivity index (χ4n) is 2.20. The first-order valence-electron chi connectivity index (χ1n) is 6.57.